The van der Waals surface area contributed by atoms with Crippen molar-refractivity contribution in [3.05, 3.63) is 53.1 Å². The first-order valence-corrected chi connectivity index (χ1v) is 6.07. The highest BCUT2D eigenvalue weighted by atomic mass is 16.4. The highest BCUT2D eigenvalue weighted by Crippen LogP contribution is 2.29. The molecule has 0 fully saturated rings. The number of carboxylic acid groups (broad SMARTS) is 1. The Hall–Kier alpha value is -2.69. The van der Waals surface area contributed by atoms with Gasteiger partial charge in [-0.05, 0) is 30.7 Å². The molecule has 104 valence electrons. The molecule has 0 aliphatic carbocycles. The highest BCUT2D eigenvalue weighted by molar-refractivity contribution is 5.91. The number of hydrogen-bond donors (Lipinski definition) is 4. The number of rotatable bonds is 4. The van der Waals surface area contributed by atoms with E-state index in [1.807, 2.05) is 0 Å². The predicted molar refractivity (Wildman–Crippen MR) is 75.2 cm³/mol. The Morgan fingerprint density at radius 1 is 1.15 bits per heavy atom. The van der Waals surface area contributed by atoms with Crippen molar-refractivity contribution in [2.75, 3.05) is 5.32 Å². The molecular weight excluding hydrogens is 258 g/mol. The fraction of sp³-hybridized carbons (Fsp3) is 0.133. The van der Waals surface area contributed by atoms with Crippen LogP contribution in [0.1, 0.15) is 21.5 Å². The third-order valence-corrected chi connectivity index (χ3v) is 3.13. The van der Waals surface area contributed by atoms with Gasteiger partial charge in [-0.25, -0.2) is 4.79 Å². The Balaban J connectivity index is 2.21. The maximum atomic E-state index is 11.0. The van der Waals surface area contributed by atoms with Gasteiger partial charge in [0.15, 0.2) is 11.5 Å². The zero-order valence-corrected chi connectivity index (χ0v) is 10.9. The second-order valence-electron chi connectivity index (χ2n) is 4.42. The zero-order valence-electron chi connectivity index (χ0n) is 10.9. The van der Waals surface area contributed by atoms with Crippen LogP contribution in [0.25, 0.3) is 0 Å². The topological polar surface area (TPSA) is 89.8 Å². The number of aromatic hydroxyl groups is 2. The molecule has 0 atom stereocenters. The minimum absolute atomic E-state index is 0.174. The van der Waals surface area contributed by atoms with E-state index < -0.39 is 5.97 Å². The molecule has 0 spiro atoms. The second-order valence-corrected chi connectivity index (χ2v) is 4.42. The smallest absolute Gasteiger partial charge is 0.336 e. The molecule has 5 heteroatoms. The first-order valence-electron chi connectivity index (χ1n) is 6.07. The van der Waals surface area contributed by atoms with Crippen molar-refractivity contribution in [3.63, 3.8) is 0 Å². The lowest BCUT2D eigenvalue weighted by Crippen LogP contribution is -2.05. The summed E-state index contributed by atoms with van der Waals surface area (Å²) in [6.45, 7) is 2.00. The van der Waals surface area contributed by atoms with Crippen LogP contribution < -0.4 is 5.32 Å². The van der Waals surface area contributed by atoms with Crippen molar-refractivity contribution < 1.29 is 20.1 Å². The van der Waals surface area contributed by atoms with E-state index in [4.69, 9.17) is 5.11 Å². The Kier molecular flexibility index (Phi) is 3.79. The highest BCUT2D eigenvalue weighted by Gasteiger charge is 2.11. The monoisotopic (exact) mass is 273 g/mol. The average molecular weight is 273 g/mol. The molecule has 0 aromatic heterocycles. The van der Waals surface area contributed by atoms with Crippen LogP contribution in [0.2, 0.25) is 0 Å². The van der Waals surface area contributed by atoms with Crippen molar-refractivity contribution >= 4 is 11.7 Å². The van der Waals surface area contributed by atoms with Gasteiger partial charge in [0.2, 0.25) is 0 Å². The number of phenols is 2. The molecule has 4 N–H and O–H groups in total. The van der Waals surface area contributed by atoms with Crippen LogP contribution in [0, 0.1) is 6.92 Å². The van der Waals surface area contributed by atoms with Gasteiger partial charge < -0.3 is 20.6 Å². The molecule has 5 nitrogen and oxygen atoms in total. The van der Waals surface area contributed by atoms with Gasteiger partial charge in [-0.3, -0.25) is 0 Å². The molecule has 2 rings (SSSR count). The van der Waals surface area contributed by atoms with E-state index in [9.17, 15) is 15.0 Å². The van der Waals surface area contributed by atoms with Crippen molar-refractivity contribution in [2.24, 2.45) is 0 Å². The Labute approximate surface area is 116 Å². The average Bonchev–Trinajstić information content (AvgIpc) is 2.41. The Morgan fingerprint density at radius 2 is 1.85 bits per heavy atom. The summed E-state index contributed by atoms with van der Waals surface area (Å²) < 4.78 is 0. The molecule has 0 saturated heterocycles. The molecular formula is C15H15NO4. The molecule has 0 bridgehead atoms. The summed E-state index contributed by atoms with van der Waals surface area (Å²) >= 11 is 0. The van der Waals surface area contributed by atoms with Crippen LogP contribution in [-0.4, -0.2) is 21.3 Å². The van der Waals surface area contributed by atoms with Crippen molar-refractivity contribution in [1.82, 2.24) is 0 Å². The van der Waals surface area contributed by atoms with Crippen LogP contribution >= 0.6 is 0 Å². The SMILES string of the molecule is Cc1c(NCc2cccc(O)c2O)cccc1C(=O)O. The number of anilines is 1. The first-order chi connectivity index (χ1) is 9.50. The zero-order chi connectivity index (χ0) is 14.7. The van der Waals surface area contributed by atoms with Gasteiger partial charge in [0.05, 0.1) is 5.56 Å². The summed E-state index contributed by atoms with van der Waals surface area (Å²) in [6.07, 6.45) is 0. The van der Waals surface area contributed by atoms with Crippen LogP contribution in [0.15, 0.2) is 36.4 Å². The lowest BCUT2D eigenvalue weighted by molar-refractivity contribution is 0.0696. The molecule has 0 aliphatic heterocycles. The van der Waals surface area contributed by atoms with Crippen LogP contribution in [0.3, 0.4) is 0 Å². The summed E-state index contributed by atoms with van der Waals surface area (Å²) in [5.74, 6) is -1.33. The largest absolute Gasteiger partial charge is 0.504 e. The fourth-order valence-corrected chi connectivity index (χ4v) is 1.97. The predicted octanol–water partition coefficient (Wildman–Crippen LogP) is 2.72. The number of nitrogens with one attached hydrogen (secondary N) is 1. The lowest BCUT2D eigenvalue weighted by atomic mass is 10.1. The van der Waals surface area contributed by atoms with Crippen LogP contribution in [0.4, 0.5) is 5.69 Å². The summed E-state index contributed by atoms with van der Waals surface area (Å²) in [5, 5.41) is 31.2. The Bertz CT molecular complexity index is 652. The molecule has 20 heavy (non-hydrogen) atoms. The minimum atomic E-state index is -0.980. The van der Waals surface area contributed by atoms with Crippen molar-refractivity contribution in [1.29, 1.82) is 0 Å². The Morgan fingerprint density at radius 3 is 2.55 bits per heavy atom. The van der Waals surface area contributed by atoms with Gasteiger partial charge in [0.25, 0.3) is 0 Å². The maximum Gasteiger partial charge on any atom is 0.336 e. The van der Waals surface area contributed by atoms with Gasteiger partial charge in [0.1, 0.15) is 0 Å². The van der Waals surface area contributed by atoms with E-state index in [-0.39, 0.29) is 23.6 Å². The van der Waals surface area contributed by atoms with Crippen molar-refractivity contribution in [2.45, 2.75) is 13.5 Å². The molecule has 0 amide bonds. The molecule has 0 aliphatic rings. The standard InChI is InChI=1S/C15H15NO4/c1-9-11(15(19)20)5-3-6-12(9)16-8-10-4-2-7-13(17)14(10)18/h2-7,16-18H,8H2,1H3,(H,19,20). The molecule has 2 aromatic carbocycles. The number of benzene rings is 2. The van der Waals surface area contributed by atoms with Gasteiger partial charge in [0, 0.05) is 17.8 Å². The fourth-order valence-electron chi connectivity index (χ4n) is 1.97. The van der Waals surface area contributed by atoms with E-state index in [2.05, 4.69) is 5.32 Å². The maximum absolute atomic E-state index is 11.0. The first kappa shape index (κ1) is 13.7. The summed E-state index contributed by atoms with van der Waals surface area (Å²) in [4.78, 5) is 11.0. The number of hydrogen-bond acceptors (Lipinski definition) is 4. The van der Waals surface area contributed by atoms with Crippen LogP contribution in [-0.2, 0) is 6.54 Å². The third-order valence-electron chi connectivity index (χ3n) is 3.13. The number of phenolic OH excluding ortho intramolecular Hbond substituents is 2. The van der Waals surface area contributed by atoms with E-state index in [1.54, 1.807) is 31.2 Å². The van der Waals surface area contributed by atoms with E-state index >= 15 is 0 Å². The van der Waals surface area contributed by atoms with Gasteiger partial charge in [-0.15, -0.1) is 0 Å². The molecule has 0 unspecified atom stereocenters. The van der Waals surface area contributed by atoms with E-state index in [1.165, 1.54) is 12.1 Å². The van der Waals surface area contributed by atoms with Crippen LogP contribution in [0.5, 0.6) is 11.5 Å². The van der Waals surface area contributed by atoms with E-state index in [0.29, 0.717) is 16.8 Å². The summed E-state index contributed by atoms with van der Waals surface area (Å²) in [7, 11) is 0. The summed E-state index contributed by atoms with van der Waals surface area (Å²) in [5.41, 5.74) is 2.06. The van der Waals surface area contributed by atoms with Crippen molar-refractivity contribution in [3.8, 4) is 11.5 Å². The minimum Gasteiger partial charge on any atom is -0.504 e. The number of carbonyl (C=O) groups is 1. The number of aromatic carboxylic acids is 1. The third kappa shape index (κ3) is 2.66. The van der Waals surface area contributed by atoms with Gasteiger partial charge in [-0.1, -0.05) is 18.2 Å². The molecule has 0 saturated carbocycles. The summed E-state index contributed by atoms with van der Waals surface area (Å²) in [6, 6.07) is 9.66. The molecule has 0 heterocycles. The second kappa shape index (κ2) is 5.52. The lowest BCUT2D eigenvalue weighted by Gasteiger charge is -2.12. The van der Waals surface area contributed by atoms with Gasteiger partial charge in [-0.2, -0.15) is 0 Å². The van der Waals surface area contributed by atoms with Gasteiger partial charge >= 0.3 is 5.97 Å². The molecule has 0 radical (unpaired) electrons. The normalized spacial score (nSPS) is 10.2. The quantitative estimate of drug-likeness (QED) is 0.643. The van der Waals surface area contributed by atoms with E-state index in [0.717, 1.165) is 0 Å². The number of para-hydroxylation sites is 1. The molecule has 2 aromatic rings. The number of carboxylic acids is 1.